The van der Waals surface area contributed by atoms with E-state index < -0.39 is 6.10 Å². The van der Waals surface area contributed by atoms with E-state index >= 15 is 0 Å². The van der Waals surface area contributed by atoms with Crippen molar-refractivity contribution in [2.75, 3.05) is 0 Å². The van der Waals surface area contributed by atoms with Gasteiger partial charge in [-0.1, -0.05) is 40.2 Å². The molecule has 1 aromatic heterocycles. The van der Waals surface area contributed by atoms with Gasteiger partial charge in [0.15, 0.2) is 0 Å². The second kappa shape index (κ2) is 5.62. The Hall–Kier alpha value is -1.65. The van der Waals surface area contributed by atoms with Crippen LogP contribution in [-0.2, 0) is 0 Å². The number of aromatic nitrogens is 2. The Kier molecular flexibility index (Phi) is 3.83. The van der Waals surface area contributed by atoms with Crippen molar-refractivity contribution >= 4 is 27.0 Å². The second-order valence-corrected chi connectivity index (χ2v) is 6.29. The Bertz CT molecular complexity index is 762. The molecule has 0 amide bonds. The lowest BCUT2D eigenvalue weighted by Gasteiger charge is -2.17. The summed E-state index contributed by atoms with van der Waals surface area (Å²) in [6.07, 6.45) is -0.729. The Morgan fingerprint density at radius 1 is 1.05 bits per heavy atom. The number of hydrogen-bond acceptors (Lipinski definition) is 2. The standard InChI is InChI=1S/C17H17BrN2O/c1-11(2)20-15-6-4-3-5-14(15)19-17(20)16(21)12-7-9-13(18)10-8-12/h3-11,16,21H,1-2H3. The molecule has 0 saturated carbocycles. The van der Waals surface area contributed by atoms with Crippen molar-refractivity contribution in [1.82, 2.24) is 9.55 Å². The summed E-state index contributed by atoms with van der Waals surface area (Å²) in [6, 6.07) is 15.9. The van der Waals surface area contributed by atoms with Crippen LogP contribution in [-0.4, -0.2) is 14.7 Å². The highest BCUT2D eigenvalue weighted by atomic mass is 79.9. The van der Waals surface area contributed by atoms with E-state index in [1.807, 2.05) is 48.5 Å². The van der Waals surface area contributed by atoms with Crippen LogP contribution < -0.4 is 0 Å². The molecule has 1 heterocycles. The average Bonchev–Trinajstić information content (AvgIpc) is 2.86. The van der Waals surface area contributed by atoms with Crippen LogP contribution in [0.2, 0.25) is 0 Å². The van der Waals surface area contributed by atoms with Crippen molar-refractivity contribution in [2.45, 2.75) is 26.0 Å². The molecule has 2 aromatic carbocycles. The van der Waals surface area contributed by atoms with Crippen molar-refractivity contribution in [3.63, 3.8) is 0 Å². The van der Waals surface area contributed by atoms with Crippen molar-refractivity contribution in [1.29, 1.82) is 0 Å². The number of hydrogen-bond donors (Lipinski definition) is 1. The quantitative estimate of drug-likeness (QED) is 0.761. The lowest BCUT2D eigenvalue weighted by molar-refractivity contribution is 0.203. The molecule has 0 bridgehead atoms. The van der Waals surface area contributed by atoms with Gasteiger partial charge in [-0.3, -0.25) is 0 Å². The molecule has 0 fully saturated rings. The predicted molar refractivity (Wildman–Crippen MR) is 88.3 cm³/mol. The molecule has 3 rings (SSSR count). The maximum absolute atomic E-state index is 10.7. The Morgan fingerprint density at radius 3 is 2.38 bits per heavy atom. The van der Waals surface area contributed by atoms with Gasteiger partial charge in [-0.2, -0.15) is 0 Å². The summed E-state index contributed by atoms with van der Waals surface area (Å²) in [5, 5.41) is 10.7. The van der Waals surface area contributed by atoms with Gasteiger partial charge < -0.3 is 9.67 Å². The second-order valence-electron chi connectivity index (χ2n) is 5.38. The first-order valence-electron chi connectivity index (χ1n) is 6.98. The molecule has 108 valence electrons. The summed E-state index contributed by atoms with van der Waals surface area (Å²) in [4.78, 5) is 4.63. The van der Waals surface area contributed by atoms with Crippen molar-refractivity contribution in [3.8, 4) is 0 Å². The highest BCUT2D eigenvalue weighted by Gasteiger charge is 2.21. The van der Waals surface area contributed by atoms with Gasteiger partial charge in [0, 0.05) is 10.5 Å². The maximum Gasteiger partial charge on any atom is 0.143 e. The molecular weight excluding hydrogens is 328 g/mol. The van der Waals surface area contributed by atoms with Crippen LogP contribution >= 0.6 is 15.9 Å². The number of aliphatic hydroxyl groups is 1. The molecule has 3 aromatic rings. The summed E-state index contributed by atoms with van der Waals surface area (Å²) in [7, 11) is 0. The first-order chi connectivity index (χ1) is 10.1. The van der Waals surface area contributed by atoms with E-state index in [1.54, 1.807) is 0 Å². The van der Waals surface area contributed by atoms with Crippen LogP contribution in [0.25, 0.3) is 11.0 Å². The number of aliphatic hydroxyl groups excluding tert-OH is 1. The van der Waals surface area contributed by atoms with Crippen molar-refractivity contribution < 1.29 is 5.11 Å². The summed E-state index contributed by atoms with van der Waals surface area (Å²) in [5.41, 5.74) is 2.81. The molecule has 3 nitrogen and oxygen atoms in total. The smallest absolute Gasteiger partial charge is 0.143 e. The van der Waals surface area contributed by atoms with Gasteiger partial charge in [0.1, 0.15) is 11.9 Å². The molecule has 0 radical (unpaired) electrons. The van der Waals surface area contributed by atoms with Crippen molar-refractivity contribution in [2.24, 2.45) is 0 Å². The lowest BCUT2D eigenvalue weighted by Crippen LogP contribution is -2.11. The summed E-state index contributed by atoms with van der Waals surface area (Å²) < 4.78 is 3.10. The SMILES string of the molecule is CC(C)n1c(C(O)c2ccc(Br)cc2)nc2ccccc21. The van der Waals surface area contributed by atoms with E-state index in [1.165, 1.54) is 0 Å². The minimum Gasteiger partial charge on any atom is -0.380 e. The van der Waals surface area contributed by atoms with Gasteiger partial charge in [-0.15, -0.1) is 0 Å². The number of halogens is 1. The van der Waals surface area contributed by atoms with Gasteiger partial charge in [0.2, 0.25) is 0 Å². The molecule has 0 aliphatic heterocycles. The summed E-state index contributed by atoms with van der Waals surface area (Å²) in [5.74, 6) is 0.688. The van der Waals surface area contributed by atoms with Crippen molar-refractivity contribution in [3.05, 3.63) is 64.4 Å². The molecule has 1 N–H and O–H groups in total. The van der Waals surface area contributed by atoms with Gasteiger partial charge >= 0.3 is 0 Å². The van der Waals surface area contributed by atoms with Gasteiger partial charge in [0.25, 0.3) is 0 Å². The predicted octanol–water partition coefficient (Wildman–Crippen LogP) is 4.46. The number of fused-ring (bicyclic) bond motifs is 1. The molecule has 0 aliphatic carbocycles. The fourth-order valence-electron chi connectivity index (χ4n) is 2.59. The van der Waals surface area contributed by atoms with Crippen LogP contribution in [0.15, 0.2) is 53.0 Å². The summed E-state index contributed by atoms with van der Waals surface area (Å²) in [6.45, 7) is 4.21. The van der Waals surface area contributed by atoms with E-state index in [4.69, 9.17) is 0 Å². The zero-order valence-corrected chi connectivity index (χ0v) is 13.6. The van der Waals surface area contributed by atoms with Crippen LogP contribution in [0, 0.1) is 0 Å². The average molecular weight is 345 g/mol. The molecule has 0 spiro atoms. The number of rotatable bonds is 3. The number of para-hydroxylation sites is 2. The minimum absolute atomic E-state index is 0.234. The highest BCUT2D eigenvalue weighted by molar-refractivity contribution is 9.10. The Labute approximate surface area is 132 Å². The minimum atomic E-state index is -0.729. The van der Waals surface area contributed by atoms with Gasteiger partial charge in [0.05, 0.1) is 11.0 Å². The molecule has 1 atom stereocenters. The molecule has 4 heteroatoms. The van der Waals surface area contributed by atoms with E-state index in [-0.39, 0.29) is 6.04 Å². The Morgan fingerprint density at radius 2 is 1.71 bits per heavy atom. The Balaban J connectivity index is 2.14. The first kappa shape index (κ1) is 14.3. The van der Waals surface area contributed by atoms with E-state index in [0.717, 1.165) is 21.1 Å². The number of nitrogens with zero attached hydrogens (tertiary/aromatic N) is 2. The fraction of sp³-hybridized carbons (Fsp3) is 0.235. The van der Waals surface area contributed by atoms with Crippen LogP contribution in [0.4, 0.5) is 0 Å². The molecule has 0 aliphatic rings. The van der Waals surface area contributed by atoms with E-state index in [9.17, 15) is 5.11 Å². The van der Waals surface area contributed by atoms with E-state index in [0.29, 0.717) is 5.82 Å². The number of benzene rings is 2. The molecule has 0 saturated heterocycles. The molecule has 21 heavy (non-hydrogen) atoms. The van der Waals surface area contributed by atoms with Gasteiger partial charge in [-0.05, 0) is 43.7 Å². The molecule has 1 unspecified atom stereocenters. The third kappa shape index (κ3) is 2.61. The zero-order valence-electron chi connectivity index (χ0n) is 12.0. The normalized spacial score (nSPS) is 13.0. The largest absolute Gasteiger partial charge is 0.380 e. The van der Waals surface area contributed by atoms with Gasteiger partial charge in [-0.25, -0.2) is 4.98 Å². The third-order valence-corrected chi connectivity index (χ3v) is 4.10. The molecular formula is C17H17BrN2O. The van der Waals surface area contributed by atoms with Crippen LogP contribution in [0.5, 0.6) is 0 Å². The van der Waals surface area contributed by atoms with Crippen LogP contribution in [0.3, 0.4) is 0 Å². The monoisotopic (exact) mass is 344 g/mol. The number of imidazole rings is 1. The highest BCUT2D eigenvalue weighted by Crippen LogP contribution is 2.29. The third-order valence-electron chi connectivity index (χ3n) is 3.57. The lowest BCUT2D eigenvalue weighted by atomic mass is 10.1. The zero-order chi connectivity index (χ0) is 15.0. The fourth-order valence-corrected chi connectivity index (χ4v) is 2.86. The summed E-state index contributed by atoms with van der Waals surface area (Å²) >= 11 is 3.41. The van der Waals surface area contributed by atoms with Crippen LogP contribution in [0.1, 0.15) is 37.4 Å². The first-order valence-corrected chi connectivity index (χ1v) is 7.77. The van der Waals surface area contributed by atoms with E-state index in [2.05, 4.69) is 39.3 Å². The maximum atomic E-state index is 10.7. The topological polar surface area (TPSA) is 38.0 Å².